The van der Waals surface area contributed by atoms with Crippen molar-refractivity contribution in [2.24, 2.45) is 5.41 Å². The fourth-order valence-electron chi connectivity index (χ4n) is 1.64. The summed E-state index contributed by atoms with van der Waals surface area (Å²) < 4.78 is 10.9. The maximum Gasteiger partial charge on any atom is 0.203 e. The van der Waals surface area contributed by atoms with Crippen LogP contribution in [0.5, 0.6) is 11.5 Å². The highest BCUT2D eigenvalue weighted by Crippen LogP contribution is 2.30. The lowest BCUT2D eigenvalue weighted by molar-refractivity contribution is 0.0961. The van der Waals surface area contributed by atoms with Crippen LogP contribution in [-0.4, -0.2) is 19.0 Å². The first-order chi connectivity index (χ1) is 7.96. The van der Waals surface area contributed by atoms with Gasteiger partial charge in [-0.15, -0.1) is 0 Å². The van der Waals surface area contributed by atoms with Gasteiger partial charge in [0.15, 0.2) is 6.61 Å². The van der Waals surface area contributed by atoms with Crippen molar-refractivity contribution in [1.29, 1.82) is 0 Å². The van der Waals surface area contributed by atoms with Crippen molar-refractivity contribution in [1.82, 2.24) is 0 Å². The molecule has 1 aliphatic rings. The molecule has 0 aromatic heterocycles. The molecule has 1 heterocycles. The summed E-state index contributed by atoms with van der Waals surface area (Å²) in [5.74, 6) is 1.45. The lowest BCUT2D eigenvalue weighted by Crippen LogP contribution is -2.11. The van der Waals surface area contributed by atoms with E-state index in [9.17, 15) is 4.79 Å². The molecular weight excluding hydrogens is 216 g/mol. The molecule has 0 spiro atoms. The van der Waals surface area contributed by atoms with E-state index in [-0.39, 0.29) is 17.8 Å². The van der Waals surface area contributed by atoms with Gasteiger partial charge in [0.2, 0.25) is 5.78 Å². The first kappa shape index (κ1) is 12.0. The predicted molar refractivity (Wildman–Crippen MR) is 65.8 cm³/mol. The van der Waals surface area contributed by atoms with E-state index in [1.54, 1.807) is 12.1 Å². The lowest BCUT2D eigenvalue weighted by atomic mass is 9.93. The Morgan fingerprint density at radius 3 is 2.82 bits per heavy atom. The van der Waals surface area contributed by atoms with Crippen LogP contribution in [0.2, 0.25) is 0 Å². The third-order valence-electron chi connectivity index (χ3n) is 2.73. The summed E-state index contributed by atoms with van der Waals surface area (Å²) in [5, 5.41) is 0. The molecule has 0 amide bonds. The molecule has 0 unspecified atom stereocenters. The average molecular weight is 234 g/mol. The van der Waals surface area contributed by atoms with E-state index in [0.717, 1.165) is 12.2 Å². The summed E-state index contributed by atoms with van der Waals surface area (Å²) in [4.78, 5) is 11.4. The van der Waals surface area contributed by atoms with E-state index < -0.39 is 0 Å². The normalized spacial score (nSPS) is 14.4. The van der Waals surface area contributed by atoms with Crippen molar-refractivity contribution < 1.29 is 14.3 Å². The molecule has 92 valence electrons. The van der Waals surface area contributed by atoms with E-state index in [1.165, 1.54) is 0 Å². The molecule has 0 aliphatic carbocycles. The number of fused-ring (bicyclic) bond motifs is 1. The molecule has 0 N–H and O–H groups in total. The monoisotopic (exact) mass is 234 g/mol. The molecular formula is C14H18O3. The van der Waals surface area contributed by atoms with Crippen molar-refractivity contribution in [2.75, 3.05) is 13.2 Å². The molecule has 0 saturated heterocycles. The Morgan fingerprint density at radius 2 is 2.12 bits per heavy atom. The molecule has 3 nitrogen and oxygen atoms in total. The average Bonchev–Trinajstić information content (AvgIpc) is 2.58. The molecule has 0 fully saturated rings. The minimum Gasteiger partial charge on any atom is -0.493 e. The van der Waals surface area contributed by atoms with Gasteiger partial charge in [0.25, 0.3) is 0 Å². The zero-order valence-electron chi connectivity index (χ0n) is 10.6. The Morgan fingerprint density at radius 1 is 1.35 bits per heavy atom. The maximum atomic E-state index is 11.4. The summed E-state index contributed by atoms with van der Waals surface area (Å²) in [7, 11) is 0. The molecule has 2 rings (SSSR count). The largest absolute Gasteiger partial charge is 0.493 e. The summed E-state index contributed by atoms with van der Waals surface area (Å²) in [6, 6.07) is 5.40. The minimum atomic E-state index is 0.0428. The van der Waals surface area contributed by atoms with Crippen molar-refractivity contribution in [3.63, 3.8) is 0 Å². The number of Topliss-reactive ketones (excluding diaryl/α,β-unsaturated/α-hetero) is 1. The lowest BCUT2D eigenvalue weighted by Gasteiger charge is -2.18. The van der Waals surface area contributed by atoms with E-state index in [0.29, 0.717) is 17.9 Å². The van der Waals surface area contributed by atoms with Crippen LogP contribution >= 0.6 is 0 Å². The molecule has 17 heavy (non-hydrogen) atoms. The van der Waals surface area contributed by atoms with Crippen LogP contribution in [0.4, 0.5) is 0 Å². The Kier molecular flexibility index (Phi) is 3.09. The highest BCUT2D eigenvalue weighted by molar-refractivity contribution is 6.02. The summed E-state index contributed by atoms with van der Waals surface area (Å²) in [6.45, 7) is 7.37. The second-order valence-corrected chi connectivity index (χ2v) is 5.53. The Hall–Kier alpha value is -1.51. The van der Waals surface area contributed by atoms with E-state index in [1.807, 2.05) is 6.07 Å². The fraction of sp³-hybridized carbons (Fsp3) is 0.500. The van der Waals surface area contributed by atoms with Crippen molar-refractivity contribution in [3.05, 3.63) is 23.8 Å². The van der Waals surface area contributed by atoms with Crippen LogP contribution in [0, 0.1) is 5.41 Å². The molecule has 3 heteroatoms. The SMILES string of the molecule is CC(C)(C)CCOc1ccc2c(c1)OCC2=O. The molecule has 1 aromatic carbocycles. The Bertz CT molecular complexity index is 430. The number of ketones is 1. The smallest absolute Gasteiger partial charge is 0.203 e. The van der Waals surface area contributed by atoms with Gasteiger partial charge < -0.3 is 9.47 Å². The zero-order chi connectivity index (χ0) is 12.5. The number of carbonyl (C=O) groups excluding carboxylic acids is 1. The van der Waals surface area contributed by atoms with Crippen LogP contribution < -0.4 is 9.47 Å². The third kappa shape index (κ3) is 2.99. The minimum absolute atomic E-state index is 0.0428. The van der Waals surface area contributed by atoms with Gasteiger partial charge in [0.1, 0.15) is 11.5 Å². The van der Waals surface area contributed by atoms with Gasteiger partial charge in [0, 0.05) is 6.07 Å². The first-order valence-electron chi connectivity index (χ1n) is 5.88. The van der Waals surface area contributed by atoms with Gasteiger partial charge in [-0.1, -0.05) is 20.8 Å². The molecule has 1 aliphatic heterocycles. The Labute approximate surface area is 102 Å². The highest BCUT2D eigenvalue weighted by atomic mass is 16.5. The van der Waals surface area contributed by atoms with Gasteiger partial charge >= 0.3 is 0 Å². The van der Waals surface area contributed by atoms with E-state index in [2.05, 4.69) is 20.8 Å². The van der Waals surface area contributed by atoms with Crippen molar-refractivity contribution >= 4 is 5.78 Å². The Balaban J connectivity index is 1.97. The molecule has 0 atom stereocenters. The number of hydrogen-bond donors (Lipinski definition) is 0. The van der Waals surface area contributed by atoms with Crippen LogP contribution in [-0.2, 0) is 0 Å². The topological polar surface area (TPSA) is 35.5 Å². The first-order valence-corrected chi connectivity index (χ1v) is 5.88. The second-order valence-electron chi connectivity index (χ2n) is 5.53. The molecule has 1 aromatic rings. The van der Waals surface area contributed by atoms with E-state index in [4.69, 9.17) is 9.47 Å². The maximum absolute atomic E-state index is 11.4. The third-order valence-corrected chi connectivity index (χ3v) is 2.73. The van der Waals surface area contributed by atoms with Gasteiger partial charge in [0.05, 0.1) is 12.2 Å². The summed E-state index contributed by atoms with van der Waals surface area (Å²) in [5.41, 5.74) is 0.927. The van der Waals surface area contributed by atoms with Crippen LogP contribution in [0.3, 0.4) is 0 Å². The van der Waals surface area contributed by atoms with Gasteiger partial charge in [-0.25, -0.2) is 0 Å². The van der Waals surface area contributed by atoms with Gasteiger partial charge in [-0.05, 0) is 24.0 Å². The van der Waals surface area contributed by atoms with Crippen LogP contribution in [0.25, 0.3) is 0 Å². The number of carbonyl (C=O) groups is 1. The summed E-state index contributed by atoms with van der Waals surface area (Å²) >= 11 is 0. The highest BCUT2D eigenvalue weighted by Gasteiger charge is 2.21. The van der Waals surface area contributed by atoms with Gasteiger partial charge in [-0.3, -0.25) is 4.79 Å². The number of ether oxygens (including phenoxy) is 2. The van der Waals surface area contributed by atoms with Crippen LogP contribution in [0.15, 0.2) is 18.2 Å². The predicted octanol–water partition coefficient (Wildman–Crippen LogP) is 3.08. The molecule has 0 bridgehead atoms. The quantitative estimate of drug-likeness (QED) is 0.806. The molecule has 0 radical (unpaired) electrons. The second kappa shape index (κ2) is 4.40. The van der Waals surface area contributed by atoms with E-state index >= 15 is 0 Å². The number of benzene rings is 1. The van der Waals surface area contributed by atoms with Crippen LogP contribution in [0.1, 0.15) is 37.6 Å². The standard InChI is InChI=1S/C14H18O3/c1-14(2,3)6-7-16-10-4-5-11-12(15)9-17-13(11)8-10/h4-5,8H,6-7,9H2,1-3H3. The zero-order valence-corrected chi connectivity index (χ0v) is 10.6. The number of hydrogen-bond acceptors (Lipinski definition) is 3. The van der Waals surface area contributed by atoms with Crippen molar-refractivity contribution in [3.8, 4) is 11.5 Å². The molecule has 0 saturated carbocycles. The number of rotatable bonds is 3. The fourth-order valence-corrected chi connectivity index (χ4v) is 1.64. The van der Waals surface area contributed by atoms with Gasteiger partial charge in [-0.2, -0.15) is 0 Å². The van der Waals surface area contributed by atoms with Crippen molar-refractivity contribution in [2.45, 2.75) is 27.2 Å². The summed E-state index contributed by atoms with van der Waals surface area (Å²) in [6.07, 6.45) is 0.990.